The normalized spacial score (nSPS) is 12.0. The monoisotopic (exact) mass is 815 g/mol. The van der Waals surface area contributed by atoms with Gasteiger partial charge in [0.2, 0.25) is 0 Å². The fourth-order valence-electron chi connectivity index (χ4n) is 4.65. The van der Waals surface area contributed by atoms with Gasteiger partial charge >= 0.3 is 197 Å². The number of aliphatic hydroxyl groups excluding tert-OH is 1. The van der Waals surface area contributed by atoms with Crippen LogP contribution < -0.4 is 4.40 Å². The molecule has 1 radical (unpaired) electrons. The number of hydrogen-bond donors (Lipinski definition) is 1. The molecular weight excluding hydrogens is 776 g/mol. The van der Waals surface area contributed by atoms with Crippen LogP contribution in [0.1, 0.15) is 50.3 Å². The Morgan fingerprint density at radius 2 is 1.64 bits per heavy atom. The van der Waals surface area contributed by atoms with Crippen molar-refractivity contribution in [3.05, 3.63) is 95.4 Å². The zero-order chi connectivity index (χ0) is 30.7. The van der Waals surface area contributed by atoms with Crippen molar-refractivity contribution in [2.75, 3.05) is 0 Å². The van der Waals surface area contributed by atoms with Crippen LogP contribution in [0.4, 0.5) is 13.2 Å². The van der Waals surface area contributed by atoms with E-state index in [9.17, 15) is 18.0 Å². The Labute approximate surface area is 263 Å². The average molecular weight is 813 g/mol. The standard InChI is InChI=1S/C29H29F3GeN.C5H8O2.Ir/c1-18(2)25-15-21(14-20-9-7-8-10-24(20)25)28-16-26(27(17-34-28)29(30,31)32)23-12-11-22(13-19(23)3)33(4,5)6;1-4(6)3-5(2)7;/h7-13,15-18H,1-6H3;3,6H,1-2H3;/q-1;;/b;4-3-;. The summed E-state index contributed by atoms with van der Waals surface area (Å²) in [6, 6.07) is 20.9. The first-order valence-electron chi connectivity index (χ1n) is 13.5. The molecule has 0 unspecified atom stereocenters. The van der Waals surface area contributed by atoms with Gasteiger partial charge in [-0.05, 0) is 13.8 Å². The van der Waals surface area contributed by atoms with E-state index in [2.05, 4.69) is 54.3 Å². The number of carbonyl (C=O) groups is 1. The van der Waals surface area contributed by atoms with E-state index < -0.39 is 25.0 Å². The van der Waals surface area contributed by atoms with Crippen LogP contribution in [0.2, 0.25) is 17.3 Å². The van der Waals surface area contributed by atoms with Crippen molar-refractivity contribution < 1.29 is 43.2 Å². The third-order valence-corrected chi connectivity index (χ3v) is 11.0. The summed E-state index contributed by atoms with van der Waals surface area (Å²) in [6.45, 7) is 8.97. The minimum atomic E-state index is -4.50. The maximum absolute atomic E-state index is 14.0. The molecule has 0 saturated carbocycles. The maximum Gasteiger partial charge on any atom is 0 e. The third kappa shape index (κ3) is 8.88. The van der Waals surface area contributed by atoms with Crippen LogP contribution in [0.15, 0.2) is 72.6 Å². The summed E-state index contributed by atoms with van der Waals surface area (Å²) in [5.74, 6) is 7.03. The van der Waals surface area contributed by atoms with Crippen LogP contribution in [0.25, 0.3) is 33.2 Å². The summed E-state index contributed by atoms with van der Waals surface area (Å²) in [5, 5.41) is 10.4. The van der Waals surface area contributed by atoms with Crippen LogP contribution in [-0.2, 0) is 31.1 Å². The molecule has 0 spiro atoms. The molecule has 1 aromatic heterocycles. The van der Waals surface area contributed by atoms with E-state index in [0.717, 1.165) is 28.1 Å². The number of aryl methyl sites for hydroxylation is 1. The number of nitrogens with zero attached hydrogens (tertiary/aromatic N) is 1. The smallest absolute Gasteiger partial charge is 0 e. The quantitative estimate of drug-likeness (QED) is 0.0947. The molecule has 0 aliphatic carbocycles. The minimum Gasteiger partial charge on any atom is 0 e. The van der Waals surface area contributed by atoms with Crippen LogP contribution in [0, 0.1) is 13.0 Å². The zero-order valence-electron chi connectivity index (χ0n) is 25.2. The minimum absolute atomic E-state index is 0. The Balaban J connectivity index is 0.000000687. The molecule has 225 valence electrons. The van der Waals surface area contributed by atoms with Crippen molar-refractivity contribution in [1.29, 1.82) is 0 Å². The number of carbonyl (C=O) groups excluding carboxylic acids is 1. The molecule has 0 fully saturated rings. The molecule has 0 atom stereocenters. The van der Waals surface area contributed by atoms with E-state index in [0.29, 0.717) is 16.8 Å². The summed E-state index contributed by atoms with van der Waals surface area (Å²) in [5.41, 5.74) is 3.22. The summed E-state index contributed by atoms with van der Waals surface area (Å²) >= 11 is -2.11. The number of hydrogen-bond acceptors (Lipinski definition) is 3. The Morgan fingerprint density at radius 3 is 2.14 bits per heavy atom. The van der Waals surface area contributed by atoms with Crippen LogP contribution >= 0.6 is 0 Å². The number of rotatable bonds is 5. The van der Waals surface area contributed by atoms with Gasteiger partial charge in [0.15, 0.2) is 5.78 Å². The van der Waals surface area contributed by atoms with Crippen molar-refractivity contribution >= 4 is 34.2 Å². The van der Waals surface area contributed by atoms with E-state index in [-0.39, 0.29) is 43.1 Å². The van der Waals surface area contributed by atoms with Crippen molar-refractivity contribution in [2.45, 2.75) is 64.0 Å². The molecule has 1 heterocycles. The second-order valence-corrected chi connectivity index (χ2v) is 22.3. The predicted molar refractivity (Wildman–Crippen MR) is 165 cm³/mol. The number of benzene rings is 3. The van der Waals surface area contributed by atoms with Gasteiger partial charge in [0.25, 0.3) is 0 Å². The SMILES string of the molecule is CC(=O)/C=C(/C)O.Cc1c[c]([Ge]([CH3])([CH3])[CH3])ccc1-c1cc(-c2[c-]c3ccccc3c(C(C)C)c2)ncc1C(F)(F)F.[Ir]. The maximum atomic E-state index is 14.0. The second-order valence-electron chi connectivity index (χ2n) is 11.6. The molecule has 0 bridgehead atoms. The fraction of sp³-hybridized carbons (Fsp3) is 0.294. The molecule has 4 rings (SSSR count). The Bertz CT molecular complexity index is 1600. The van der Waals surface area contributed by atoms with Gasteiger partial charge in [-0.2, -0.15) is 0 Å². The summed E-state index contributed by atoms with van der Waals surface area (Å²) in [4.78, 5) is 14.3. The molecule has 3 aromatic carbocycles. The Hall–Kier alpha value is -2.74. The molecule has 8 heteroatoms. The predicted octanol–water partition coefficient (Wildman–Crippen LogP) is 9.40. The van der Waals surface area contributed by atoms with Crippen molar-refractivity contribution in [3.8, 4) is 22.4 Å². The van der Waals surface area contributed by atoms with E-state index in [1.54, 1.807) is 6.07 Å². The Kier molecular flexibility index (Phi) is 12.0. The van der Waals surface area contributed by atoms with Gasteiger partial charge < -0.3 is 5.11 Å². The van der Waals surface area contributed by atoms with Crippen LogP contribution in [0.3, 0.4) is 0 Å². The Morgan fingerprint density at radius 1 is 1.00 bits per heavy atom. The third-order valence-electron chi connectivity index (χ3n) is 6.71. The van der Waals surface area contributed by atoms with Crippen molar-refractivity contribution in [3.63, 3.8) is 0 Å². The van der Waals surface area contributed by atoms with Gasteiger partial charge in [-0.3, -0.25) is 4.79 Å². The van der Waals surface area contributed by atoms with Gasteiger partial charge in [-0.1, -0.05) is 6.07 Å². The number of halogens is 3. The summed E-state index contributed by atoms with van der Waals surface area (Å²) in [6.07, 6.45) is -2.36. The first-order valence-corrected chi connectivity index (χ1v) is 20.8. The van der Waals surface area contributed by atoms with Gasteiger partial charge in [0, 0.05) is 26.2 Å². The van der Waals surface area contributed by atoms with Crippen molar-refractivity contribution in [2.24, 2.45) is 0 Å². The first-order chi connectivity index (χ1) is 19.0. The van der Waals surface area contributed by atoms with E-state index in [1.807, 2.05) is 43.3 Å². The number of aromatic nitrogens is 1. The van der Waals surface area contributed by atoms with Crippen LogP contribution in [-0.4, -0.2) is 29.1 Å². The number of fused-ring (bicyclic) bond motifs is 1. The largest absolute Gasteiger partial charge is 0 e. The van der Waals surface area contributed by atoms with E-state index in [4.69, 9.17) is 5.11 Å². The molecule has 3 nitrogen and oxygen atoms in total. The summed E-state index contributed by atoms with van der Waals surface area (Å²) in [7, 11) is 0. The average Bonchev–Trinajstić information content (AvgIpc) is 2.86. The van der Waals surface area contributed by atoms with E-state index >= 15 is 0 Å². The molecule has 0 amide bonds. The zero-order valence-corrected chi connectivity index (χ0v) is 29.7. The van der Waals surface area contributed by atoms with Crippen LogP contribution in [0.5, 0.6) is 0 Å². The first kappa shape index (κ1) is 35.5. The van der Waals surface area contributed by atoms with Gasteiger partial charge in [-0.25, -0.2) is 0 Å². The fourth-order valence-corrected chi connectivity index (χ4v) is 7.24. The molecule has 0 aliphatic rings. The van der Waals surface area contributed by atoms with Crippen molar-refractivity contribution in [1.82, 2.24) is 4.98 Å². The molecular formula is C34H37F3GeIrNO2-. The molecule has 1 N–H and O–H groups in total. The van der Waals surface area contributed by atoms with Gasteiger partial charge in [0.05, 0.1) is 5.76 Å². The number of allylic oxidation sites excluding steroid dienone is 2. The number of ketones is 1. The van der Waals surface area contributed by atoms with E-state index in [1.165, 1.54) is 24.3 Å². The number of alkyl halides is 3. The molecule has 4 aromatic rings. The number of pyridine rings is 1. The van der Waals surface area contributed by atoms with Gasteiger partial charge in [-0.15, -0.1) is 0 Å². The number of aliphatic hydroxyl groups is 1. The molecule has 42 heavy (non-hydrogen) atoms. The summed E-state index contributed by atoms with van der Waals surface area (Å²) < 4.78 is 43.3. The topological polar surface area (TPSA) is 50.2 Å². The van der Waals surface area contributed by atoms with Gasteiger partial charge in [0.1, 0.15) is 0 Å². The molecule has 0 saturated heterocycles. The second kappa shape index (κ2) is 14.2. The molecule has 0 aliphatic heterocycles.